The molecular formula is C34H33Cl3F2N4NiO4S2. The standard InChI is InChI=1S/C18H18ClNS.C16H15F2N3O4S.2ClH.Ni/c1-20(2)11-5-7-14-15-6-3-4-8-17(15)21-18-10-9-13(19)12-16(14)18;1-23-13-5-6-19-12(14(13)24-2)8-26(22)16-20-10-4-3-9(25-15(17)18)7-11(10)21-16;;;/h3-4,6-10,12H,5,11H2,1-2H3;3-7,15H,8H2,1-2H3,(H,20,21);2*1H;/q;;;;+2/p-2/b14-7-;;;;. The van der Waals surface area contributed by atoms with Crippen LogP contribution in [-0.2, 0) is 33.0 Å². The Morgan fingerprint density at radius 2 is 1.74 bits per heavy atom. The van der Waals surface area contributed by atoms with Crippen LogP contribution in [0.3, 0.4) is 0 Å². The average molecular weight is 829 g/mol. The summed E-state index contributed by atoms with van der Waals surface area (Å²) in [5.74, 6) is 0.908. The Balaban J connectivity index is 0.000000333. The zero-order valence-electron chi connectivity index (χ0n) is 27.2. The SMILES string of the molecule is CN(C)CC/C=C1/c2ccccc2Sc2ccc(Cl)cc21.COc1ccnc(CS(=O)c2nc3ccc(OC(F)F)cc3[nH]2)c1OC.[Cl-].[Cl-].[Ni+2]. The van der Waals surface area contributed by atoms with Crippen LogP contribution >= 0.6 is 23.4 Å². The molecule has 50 heavy (non-hydrogen) atoms. The van der Waals surface area contributed by atoms with Gasteiger partial charge in [0.2, 0.25) is 0 Å². The number of nitrogens with one attached hydrogen (secondary N) is 1. The summed E-state index contributed by atoms with van der Waals surface area (Å²) < 4.78 is 52.1. The first kappa shape index (κ1) is 43.3. The van der Waals surface area contributed by atoms with Crippen molar-refractivity contribution < 1.29 is 68.5 Å². The number of pyridine rings is 1. The summed E-state index contributed by atoms with van der Waals surface area (Å²) in [5, 5.41) is 0.994. The summed E-state index contributed by atoms with van der Waals surface area (Å²) in [6, 6.07) is 20.7. The predicted molar refractivity (Wildman–Crippen MR) is 182 cm³/mol. The Morgan fingerprint density at radius 3 is 2.44 bits per heavy atom. The molecule has 3 aromatic carbocycles. The number of aromatic nitrogens is 3. The third-order valence-corrected chi connectivity index (χ3v) is 9.61. The van der Waals surface area contributed by atoms with Gasteiger partial charge in [-0.2, -0.15) is 8.78 Å². The minimum absolute atomic E-state index is 0. The molecule has 1 aliphatic heterocycles. The second-order valence-electron chi connectivity index (χ2n) is 10.5. The van der Waals surface area contributed by atoms with E-state index >= 15 is 0 Å². The van der Waals surface area contributed by atoms with Crippen LogP contribution in [0.5, 0.6) is 17.2 Å². The topological polar surface area (TPSA) is 89.6 Å². The maximum atomic E-state index is 12.6. The largest absolute Gasteiger partial charge is 2.00 e. The summed E-state index contributed by atoms with van der Waals surface area (Å²) in [6.45, 7) is -1.87. The molecule has 0 bridgehead atoms. The van der Waals surface area contributed by atoms with E-state index in [0.717, 1.165) is 18.0 Å². The predicted octanol–water partition coefficient (Wildman–Crippen LogP) is 2.08. The number of hydrogen-bond donors (Lipinski definition) is 1. The van der Waals surface area contributed by atoms with Crippen molar-refractivity contribution in [2.45, 2.75) is 33.7 Å². The van der Waals surface area contributed by atoms with Gasteiger partial charge in [0.25, 0.3) is 0 Å². The monoisotopic (exact) mass is 826 g/mol. The molecule has 1 aliphatic rings. The van der Waals surface area contributed by atoms with E-state index in [1.54, 1.807) is 6.07 Å². The number of alkyl halides is 2. The number of fused-ring (bicyclic) bond motifs is 3. The van der Waals surface area contributed by atoms with E-state index < -0.39 is 17.4 Å². The number of hydrogen-bond acceptors (Lipinski definition) is 8. The molecule has 0 saturated carbocycles. The molecule has 1 atom stereocenters. The Kier molecular flexibility index (Phi) is 17.5. The van der Waals surface area contributed by atoms with Crippen LogP contribution in [0.15, 0.2) is 94.0 Å². The molecule has 3 heterocycles. The van der Waals surface area contributed by atoms with E-state index in [2.05, 4.69) is 81.2 Å². The van der Waals surface area contributed by atoms with Gasteiger partial charge in [0, 0.05) is 39.7 Å². The molecule has 16 heteroatoms. The van der Waals surface area contributed by atoms with Gasteiger partial charge in [0.15, 0.2) is 16.7 Å². The van der Waals surface area contributed by atoms with E-state index in [9.17, 15) is 13.0 Å². The van der Waals surface area contributed by atoms with E-state index in [4.69, 9.17) is 21.1 Å². The quantitative estimate of drug-likeness (QED) is 0.211. The van der Waals surface area contributed by atoms with Crippen molar-refractivity contribution in [3.05, 3.63) is 101 Å². The average Bonchev–Trinajstić information content (AvgIpc) is 3.48. The fraction of sp³-hybridized carbons (Fsp3) is 0.235. The van der Waals surface area contributed by atoms with Crippen LogP contribution in [0.2, 0.25) is 5.02 Å². The smallest absolute Gasteiger partial charge is 1.00 e. The minimum Gasteiger partial charge on any atom is -1.00 e. The van der Waals surface area contributed by atoms with Gasteiger partial charge in [-0.3, -0.25) is 9.19 Å². The summed E-state index contributed by atoms with van der Waals surface area (Å²) >= 11 is 8.03. The fourth-order valence-corrected chi connectivity index (χ4v) is 7.20. The van der Waals surface area contributed by atoms with Crippen molar-refractivity contribution in [3.63, 3.8) is 0 Å². The molecule has 1 unspecified atom stereocenters. The summed E-state index contributed by atoms with van der Waals surface area (Å²) in [7, 11) is 5.62. The number of nitrogens with zero attached hydrogens (tertiary/aromatic N) is 3. The minimum atomic E-state index is -2.92. The van der Waals surface area contributed by atoms with Crippen LogP contribution in [0.4, 0.5) is 8.78 Å². The van der Waals surface area contributed by atoms with Crippen LogP contribution < -0.4 is 39.0 Å². The summed E-state index contributed by atoms with van der Waals surface area (Å²) in [5.41, 5.74) is 5.26. The third kappa shape index (κ3) is 10.8. The number of aromatic amines is 1. The van der Waals surface area contributed by atoms with Crippen molar-refractivity contribution in [2.75, 3.05) is 34.9 Å². The molecule has 0 radical (unpaired) electrons. The van der Waals surface area contributed by atoms with Crippen molar-refractivity contribution in [3.8, 4) is 17.2 Å². The summed E-state index contributed by atoms with van der Waals surface area (Å²) in [4.78, 5) is 16.1. The Labute approximate surface area is 323 Å². The van der Waals surface area contributed by atoms with Crippen LogP contribution in [0, 0.1) is 0 Å². The molecule has 6 rings (SSSR count). The first-order valence-corrected chi connectivity index (χ1v) is 17.0. The number of methoxy groups -OCH3 is 2. The zero-order chi connectivity index (χ0) is 33.5. The molecule has 5 aromatic rings. The Bertz CT molecular complexity index is 1940. The van der Waals surface area contributed by atoms with Gasteiger partial charge in [-0.15, -0.1) is 0 Å². The fourth-order valence-electron chi connectivity index (χ4n) is 4.93. The molecule has 8 nitrogen and oxygen atoms in total. The van der Waals surface area contributed by atoms with E-state index in [0.29, 0.717) is 28.2 Å². The molecule has 270 valence electrons. The first-order chi connectivity index (χ1) is 22.7. The molecule has 1 N–H and O–H groups in total. The normalized spacial score (nSPS) is 12.8. The molecule has 0 aliphatic carbocycles. The van der Waals surface area contributed by atoms with Crippen molar-refractivity contribution >= 4 is 50.8 Å². The maximum Gasteiger partial charge on any atom is 2.00 e. The van der Waals surface area contributed by atoms with Crippen LogP contribution in [-0.4, -0.2) is 65.5 Å². The van der Waals surface area contributed by atoms with Gasteiger partial charge in [-0.05, 0) is 73.6 Å². The number of halogens is 5. The van der Waals surface area contributed by atoms with Gasteiger partial charge >= 0.3 is 23.1 Å². The molecule has 0 amide bonds. The maximum absolute atomic E-state index is 12.6. The van der Waals surface area contributed by atoms with Crippen LogP contribution in [0.25, 0.3) is 16.6 Å². The molecule has 0 spiro atoms. The van der Waals surface area contributed by atoms with Crippen molar-refractivity contribution in [2.24, 2.45) is 0 Å². The second kappa shape index (κ2) is 20.2. The van der Waals surface area contributed by atoms with Gasteiger partial charge in [-0.25, -0.2) is 4.98 Å². The third-order valence-electron chi connectivity index (χ3n) is 7.06. The van der Waals surface area contributed by atoms with Crippen molar-refractivity contribution in [1.29, 1.82) is 0 Å². The second-order valence-corrected chi connectivity index (χ2v) is 13.4. The first-order valence-electron chi connectivity index (χ1n) is 14.5. The molecule has 0 saturated heterocycles. The van der Waals surface area contributed by atoms with E-state index in [-0.39, 0.29) is 58.0 Å². The van der Waals surface area contributed by atoms with Gasteiger partial charge in [-0.1, -0.05) is 47.6 Å². The molecule has 0 fully saturated rings. The summed E-state index contributed by atoms with van der Waals surface area (Å²) in [6.07, 6.45) is 4.90. The Hall–Kier alpha value is -2.90. The number of benzene rings is 3. The molecule has 2 aromatic heterocycles. The Morgan fingerprint density at radius 1 is 1.00 bits per heavy atom. The van der Waals surface area contributed by atoms with E-state index in [1.807, 2.05) is 17.8 Å². The number of H-pyrrole nitrogens is 1. The van der Waals surface area contributed by atoms with Gasteiger partial charge < -0.3 is 48.9 Å². The number of imidazole rings is 1. The zero-order valence-corrected chi connectivity index (χ0v) is 32.1. The van der Waals surface area contributed by atoms with Gasteiger partial charge in [0.05, 0.1) is 47.5 Å². The molecular weight excluding hydrogens is 796 g/mol. The number of rotatable bonds is 10. The van der Waals surface area contributed by atoms with Crippen LogP contribution in [0.1, 0.15) is 23.2 Å². The van der Waals surface area contributed by atoms with Gasteiger partial charge in [0.1, 0.15) is 5.75 Å². The number of ether oxygens (including phenoxy) is 3. The van der Waals surface area contributed by atoms with Crippen molar-refractivity contribution in [1.82, 2.24) is 19.9 Å². The van der Waals surface area contributed by atoms with E-state index in [1.165, 1.54) is 65.1 Å².